The molecule has 178 valence electrons. The predicted molar refractivity (Wildman–Crippen MR) is 141 cm³/mol. The van der Waals surface area contributed by atoms with Crippen LogP contribution in [0, 0.1) is 27.7 Å². The lowest BCUT2D eigenvalue weighted by molar-refractivity contribution is -0.131. The van der Waals surface area contributed by atoms with Crippen molar-refractivity contribution in [2.45, 2.75) is 27.7 Å². The highest BCUT2D eigenvalue weighted by Gasteiger charge is 2.25. The zero-order valence-corrected chi connectivity index (χ0v) is 21.2. The summed E-state index contributed by atoms with van der Waals surface area (Å²) in [6.45, 7) is 7.44. The molecule has 1 heterocycles. The van der Waals surface area contributed by atoms with E-state index in [1.165, 1.54) is 11.3 Å². The Balaban J connectivity index is 1.85. The Morgan fingerprint density at radius 1 is 0.943 bits per heavy atom. The number of rotatable bonds is 6. The minimum absolute atomic E-state index is 0.101. The van der Waals surface area contributed by atoms with Crippen LogP contribution in [0.5, 0.6) is 17.2 Å². The van der Waals surface area contributed by atoms with Gasteiger partial charge in [-0.25, -0.2) is 4.79 Å². The van der Waals surface area contributed by atoms with Crippen molar-refractivity contribution in [1.29, 1.82) is 0 Å². The molecular weight excluding hydrogens is 484 g/mol. The van der Waals surface area contributed by atoms with Gasteiger partial charge < -0.3 is 14.9 Å². The second-order valence-corrected chi connectivity index (χ2v) is 9.92. The molecule has 3 aromatic carbocycles. The number of phenols is 1. The summed E-state index contributed by atoms with van der Waals surface area (Å²) in [5.41, 5.74) is 4.58. The summed E-state index contributed by atoms with van der Waals surface area (Å²) in [4.78, 5) is 25.1. The molecule has 0 spiro atoms. The summed E-state index contributed by atoms with van der Waals surface area (Å²) in [6.07, 6.45) is 2.66. The molecule has 7 heteroatoms. The van der Waals surface area contributed by atoms with Crippen molar-refractivity contribution >= 4 is 50.9 Å². The zero-order chi connectivity index (χ0) is 25.4. The van der Waals surface area contributed by atoms with Gasteiger partial charge >= 0.3 is 5.97 Å². The number of carboxylic acid groups (broad SMARTS) is 1. The smallest absolute Gasteiger partial charge is 0.328 e. The second kappa shape index (κ2) is 9.56. The third-order valence-electron chi connectivity index (χ3n) is 5.74. The monoisotopic (exact) mass is 506 g/mol. The van der Waals surface area contributed by atoms with Crippen LogP contribution >= 0.6 is 22.9 Å². The largest absolute Gasteiger partial charge is 0.508 e. The molecule has 0 bridgehead atoms. The lowest BCUT2D eigenvalue weighted by Crippen LogP contribution is -2.06. The predicted octanol–water partition coefficient (Wildman–Crippen LogP) is 7.62. The van der Waals surface area contributed by atoms with Crippen LogP contribution in [0.1, 0.15) is 43.1 Å². The topological polar surface area (TPSA) is 83.8 Å². The summed E-state index contributed by atoms with van der Waals surface area (Å²) >= 11 is 7.44. The van der Waals surface area contributed by atoms with Crippen molar-refractivity contribution in [2.75, 3.05) is 0 Å². The molecule has 2 N–H and O–H groups in total. The van der Waals surface area contributed by atoms with E-state index >= 15 is 0 Å². The van der Waals surface area contributed by atoms with Gasteiger partial charge in [0.05, 0.1) is 0 Å². The average Bonchev–Trinajstić information content (AvgIpc) is 3.09. The van der Waals surface area contributed by atoms with E-state index in [1.54, 1.807) is 36.4 Å². The molecular formula is C28H23ClO5S. The Bertz CT molecular complexity index is 1480. The Hall–Kier alpha value is -3.61. The average molecular weight is 507 g/mol. The molecule has 0 saturated carbocycles. The lowest BCUT2D eigenvalue weighted by Gasteiger charge is -2.13. The molecule has 0 unspecified atom stereocenters. The number of benzene rings is 3. The highest BCUT2D eigenvalue weighted by Crippen LogP contribution is 2.43. The van der Waals surface area contributed by atoms with Gasteiger partial charge in [-0.2, -0.15) is 0 Å². The number of aryl methyl sites for hydroxylation is 4. The van der Waals surface area contributed by atoms with Crippen molar-refractivity contribution in [1.82, 2.24) is 0 Å². The number of halogens is 1. The van der Waals surface area contributed by atoms with E-state index in [0.717, 1.165) is 38.6 Å². The highest BCUT2D eigenvalue weighted by molar-refractivity contribution is 7.21. The number of carbonyl (C=O) groups excluding carboxylic acids is 1. The maximum atomic E-state index is 13.8. The summed E-state index contributed by atoms with van der Waals surface area (Å²) in [6, 6.07) is 12.1. The maximum absolute atomic E-state index is 13.8. The quantitative estimate of drug-likeness (QED) is 0.207. The molecule has 0 aliphatic heterocycles. The van der Waals surface area contributed by atoms with E-state index in [-0.39, 0.29) is 11.5 Å². The molecule has 0 radical (unpaired) electrons. The number of phenolic OH excluding ortho intramolecular Hbond substituents is 1. The molecule has 5 nitrogen and oxygen atoms in total. The van der Waals surface area contributed by atoms with Crippen LogP contribution < -0.4 is 4.74 Å². The van der Waals surface area contributed by atoms with E-state index in [0.29, 0.717) is 32.3 Å². The van der Waals surface area contributed by atoms with E-state index in [1.807, 2.05) is 39.8 Å². The van der Waals surface area contributed by atoms with Gasteiger partial charge in [0.25, 0.3) is 0 Å². The number of ketones is 1. The fraction of sp³-hybridized carbons (Fsp3) is 0.143. The zero-order valence-electron chi connectivity index (χ0n) is 19.6. The highest BCUT2D eigenvalue weighted by atomic mass is 35.5. The van der Waals surface area contributed by atoms with Gasteiger partial charge in [-0.15, -0.1) is 11.3 Å². The first-order valence-electron chi connectivity index (χ1n) is 10.8. The number of hydrogen-bond acceptors (Lipinski definition) is 5. The van der Waals surface area contributed by atoms with E-state index in [2.05, 4.69) is 0 Å². The van der Waals surface area contributed by atoms with Crippen LogP contribution in [0.2, 0.25) is 5.02 Å². The minimum atomic E-state index is -1.02. The Kier molecular flexibility index (Phi) is 6.70. The van der Waals surface area contributed by atoms with E-state index in [9.17, 15) is 14.7 Å². The number of fused-ring (bicyclic) bond motifs is 1. The van der Waals surface area contributed by atoms with Gasteiger partial charge in [0.15, 0.2) is 5.75 Å². The van der Waals surface area contributed by atoms with Crippen LogP contribution in [0.3, 0.4) is 0 Å². The lowest BCUT2D eigenvalue weighted by atomic mass is 9.97. The summed E-state index contributed by atoms with van der Waals surface area (Å²) in [7, 11) is 0. The molecule has 4 rings (SSSR count). The standard InChI is InChI=1S/C28H23ClO5S/c1-14-11-20(12-15(2)21(14)7-8-24(31)32)34-27-22-6-5-19(30)13-23(22)35-28(27)26(33)25-16(3)9-18(29)10-17(25)4/h5-13,30H,1-4H3,(H,31,32)/b8-7+. The molecule has 0 aliphatic rings. The van der Waals surface area contributed by atoms with Crippen LogP contribution in [0.25, 0.3) is 16.2 Å². The van der Waals surface area contributed by atoms with Crippen LogP contribution in [0.4, 0.5) is 0 Å². The van der Waals surface area contributed by atoms with Crippen molar-refractivity contribution in [3.63, 3.8) is 0 Å². The van der Waals surface area contributed by atoms with Crippen LogP contribution in [-0.4, -0.2) is 22.0 Å². The third-order valence-corrected chi connectivity index (χ3v) is 7.09. The number of carboxylic acids is 1. The normalized spacial score (nSPS) is 11.3. The van der Waals surface area contributed by atoms with Gasteiger partial charge in [0.2, 0.25) is 5.78 Å². The molecule has 1 aromatic heterocycles. The van der Waals surface area contributed by atoms with E-state index in [4.69, 9.17) is 21.4 Å². The Labute approximate surface area is 211 Å². The first-order valence-corrected chi connectivity index (χ1v) is 12.0. The first kappa shape index (κ1) is 24.5. The molecule has 0 saturated heterocycles. The van der Waals surface area contributed by atoms with Crippen molar-refractivity contribution in [3.05, 3.63) is 91.8 Å². The SMILES string of the molecule is Cc1cc(Oc2c(C(=O)c3c(C)cc(Cl)cc3C)sc3cc(O)ccc23)cc(C)c1/C=C/C(=O)O. The van der Waals surface area contributed by atoms with Crippen molar-refractivity contribution in [3.8, 4) is 17.2 Å². The van der Waals surface area contributed by atoms with Crippen LogP contribution in [-0.2, 0) is 4.79 Å². The fourth-order valence-electron chi connectivity index (χ4n) is 4.22. The molecule has 35 heavy (non-hydrogen) atoms. The summed E-state index contributed by atoms with van der Waals surface area (Å²) in [5, 5.41) is 20.3. The number of hydrogen-bond donors (Lipinski definition) is 2. The third kappa shape index (κ3) is 4.94. The summed E-state index contributed by atoms with van der Waals surface area (Å²) in [5.74, 6) is -0.158. The number of thiophene rings is 1. The molecule has 4 aromatic rings. The van der Waals surface area contributed by atoms with Gasteiger partial charge in [-0.1, -0.05) is 11.6 Å². The van der Waals surface area contributed by atoms with E-state index < -0.39 is 5.97 Å². The molecule has 0 atom stereocenters. The number of ether oxygens (including phenoxy) is 1. The van der Waals surface area contributed by atoms with Gasteiger partial charge in [0, 0.05) is 26.7 Å². The van der Waals surface area contributed by atoms with Crippen molar-refractivity contribution in [2.24, 2.45) is 0 Å². The molecule has 0 fully saturated rings. The summed E-state index contributed by atoms with van der Waals surface area (Å²) < 4.78 is 7.06. The second-order valence-electron chi connectivity index (χ2n) is 8.43. The number of aliphatic carboxylic acids is 1. The molecule has 0 amide bonds. The van der Waals surface area contributed by atoms with Crippen molar-refractivity contribution < 1.29 is 24.5 Å². The first-order chi connectivity index (χ1) is 16.5. The molecule has 0 aliphatic carbocycles. The minimum Gasteiger partial charge on any atom is -0.508 e. The fourth-order valence-corrected chi connectivity index (χ4v) is 5.66. The maximum Gasteiger partial charge on any atom is 0.328 e. The van der Waals surface area contributed by atoms with Gasteiger partial charge in [0.1, 0.15) is 16.4 Å². The van der Waals surface area contributed by atoms with Gasteiger partial charge in [-0.05, 0) is 104 Å². The Morgan fingerprint density at radius 3 is 2.17 bits per heavy atom. The Morgan fingerprint density at radius 2 is 1.57 bits per heavy atom. The number of aromatic hydroxyl groups is 1. The number of carbonyl (C=O) groups is 2. The van der Waals surface area contributed by atoms with Crippen LogP contribution in [0.15, 0.2) is 48.5 Å². The van der Waals surface area contributed by atoms with Gasteiger partial charge in [-0.3, -0.25) is 4.79 Å².